The third kappa shape index (κ3) is 41.5. The van der Waals surface area contributed by atoms with Crippen molar-refractivity contribution in [3.63, 3.8) is 0 Å². The molecule has 0 aliphatic heterocycles. The maximum Gasteiger partial charge on any atom is 1.00 e. The summed E-state index contributed by atoms with van der Waals surface area (Å²) in [5, 5.41) is 0. The normalized spacial score (nSPS) is 9.83. The smallest absolute Gasteiger partial charge is 1.00 e. The minimum absolute atomic E-state index is 0. The van der Waals surface area contributed by atoms with E-state index in [-0.39, 0.29) is 52.8 Å². The van der Waals surface area contributed by atoms with Gasteiger partial charge in [0.05, 0.1) is 0 Å². The van der Waals surface area contributed by atoms with Crippen LogP contribution in [0.2, 0.25) is 0 Å². The quantitative estimate of drug-likeness (QED) is 0.274. The van der Waals surface area contributed by atoms with Crippen LogP contribution in [0.25, 0.3) is 0 Å². The predicted molar refractivity (Wildman–Crippen MR) is 19.1 cm³/mol. The maximum absolute atomic E-state index is 9.33. The molecule has 0 spiro atoms. The van der Waals surface area contributed by atoms with Gasteiger partial charge in [0.15, 0.2) is 0 Å². The van der Waals surface area contributed by atoms with Gasteiger partial charge in [-0.1, -0.05) is 0 Å². The van der Waals surface area contributed by atoms with Crippen LogP contribution in [0.3, 0.4) is 0 Å². The second-order valence-corrected chi connectivity index (χ2v) is 2.51. The zero-order valence-electron chi connectivity index (χ0n) is 4.75. The van der Waals surface area contributed by atoms with Crippen molar-refractivity contribution < 1.29 is 67.2 Å². The van der Waals surface area contributed by atoms with Gasteiger partial charge in [-0.2, -0.15) is 0 Å². The van der Waals surface area contributed by atoms with E-state index in [1.807, 2.05) is 0 Å². The van der Waals surface area contributed by atoms with Crippen molar-refractivity contribution in [1.29, 1.82) is 0 Å². The SMILES string of the molecule is CP(=O)(O)O.[H-].[K+]. The largest absolute Gasteiger partial charge is 1.00 e. The van der Waals surface area contributed by atoms with E-state index in [9.17, 15) is 4.57 Å². The van der Waals surface area contributed by atoms with Crippen LogP contribution < -0.4 is 51.4 Å². The molecule has 0 aliphatic rings. The summed E-state index contributed by atoms with van der Waals surface area (Å²) in [6.45, 7) is 0.854. The standard InChI is InChI=1S/CH5O3P.K.H/c1-5(2,3)4;;/h1H3,(H2,2,3,4);;/q;+1;-1. The van der Waals surface area contributed by atoms with Gasteiger partial charge in [-0.25, -0.2) is 0 Å². The second kappa shape index (κ2) is 3.75. The van der Waals surface area contributed by atoms with Gasteiger partial charge in [0.1, 0.15) is 0 Å². The zero-order chi connectivity index (χ0) is 4.50. The van der Waals surface area contributed by atoms with Gasteiger partial charge in [-0.15, -0.1) is 0 Å². The van der Waals surface area contributed by atoms with E-state index in [1.165, 1.54) is 0 Å². The molecule has 0 saturated heterocycles. The van der Waals surface area contributed by atoms with Crippen LogP contribution in [0, 0.1) is 0 Å². The Morgan fingerprint density at radius 2 is 1.67 bits per heavy atom. The number of hydrogen-bond donors (Lipinski definition) is 2. The fraction of sp³-hybridized carbons (Fsp3) is 1.00. The van der Waals surface area contributed by atoms with Gasteiger partial charge in [-0.05, 0) is 0 Å². The van der Waals surface area contributed by atoms with Gasteiger partial charge in [0.2, 0.25) is 0 Å². The molecule has 0 aromatic rings. The van der Waals surface area contributed by atoms with E-state index in [0.29, 0.717) is 0 Å². The Morgan fingerprint density at radius 3 is 1.67 bits per heavy atom. The Balaban J connectivity index is -0.0000000800. The molecule has 0 radical (unpaired) electrons. The molecule has 0 bridgehead atoms. The Kier molecular flexibility index (Phi) is 6.69. The van der Waals surface area contributed by atoms with Crippen molar-refractivity contribution in [2.24, 2.45) is 0 Å². The average molecular weight is 136 g/mol. The van der Waals surface area contributed by atoms with Crippen molar-refractivity contribution >= 4 is 7.60 Å². The number of hydrogen-bond acceptors (Lipinski definition) is 1. The Hall–Kier alpha value is 1.79. The molecule has 0 heterocycles. The molecule has 0 aromatic carbocycles. The Labute approximate surface area is 80.2 Å². The molecule has 5 heteroatoms. The summed E-state index contributed by atoms with van der Waals surface area (Å²) in [6.07, 6.45) is 0. The molecule has 3 nitrogen and oxygen atoms in total. The van der Waals surface area contributed by atoms with Crippen LogP contribution >= 0.6 is 7.60 Å². The molecular weight excluding hydrogens is 130 g/mol. The minimum atomic E-state index is -3.64. The van der Waals surface area contributed by atoms with Crippen LogP contribution in [-0.4, -0.2) is 16.5 Å². The first-order valence-electron chi connectivity index (χ1n) is 1.03. The monoisotopic (exact) mass is 136 g/mol. The van der Waals surface area contributed by atoms with Gasteiger partial charge in [0.25, 0.3) is 0 Å². The van der Waals surface area contributed by atoms with Gasteiger partial charge >= 0.3 is 59.0 Å². The molecule has 2 N–H and O–H groups in total. The average Bonchev–Trinajstić information content (AvgIpc) is 0.722. The molecule has 0 atom stereocenters. The summed E-state index contributed by atoms with van der Waals surface area (Å²) in [5.41, 5.74) is 0. The molecule has 0 aromatic heterocycles. The summed E-state index contributed by atoms with van der Waals surface area (Å²) in [6, 6.07) is 0. The van der Waals surface area contributed by atoms with E-state index in [0.717, 1.165) is 6.66 Å². The molecule has 0 amide bonds. The molecule has 0 unspecified atom stereocenters. The van der Waals surface area contributed by atoms with Crippen LogP contribution in [0.15, 0.2) is 0 Å². The minimum Gasteiger partial charge on any atom is -1.00 e. The van der Waals surface area contributed by atoms with E-state index in [1.54, 1.807) is 0 Å². The summed E-state index contributed by atoms with van der Waals surface area (Å²) < 4.78 is 9.33. The fourth-order valence-electron chi connectivity index (χ4n) is 0. The van der Waals surface area contributed by atoms with Gasteiger partial charge in [-0.3, -0.25) is 4.57 Å². The molecule has 0 rings (SSSR count). The van der Waals surface area contributed by atoms with Crippen molar-refractivity contribution in [2.45, 2.75) is 0 Å². The first-order chi connectivity index (χ1) is 2.00. The van der Waals surface area contributed by atoms with E-state index < -0.39 is 7.60 Å². The van der Waals surface area contributed by atoms with E-state index in [4.69, 9.17) is 9.79 Å². The Morgan fingerprint density at radius 1 is 1.67 bits per heavy atom. The summed E-state index contributed by atoms with van der Waals surface area (Å²) in [4.78, 5) is 15.3. The molecule has 0 fully saturated rings. The number of rotatable bonds is 0. The molecule has 0 saturated carbocycles. The Bertz CT molecular complexity index is 61.1. The van der Waals surface area contributed by atoms with Gasteiger partial charge < -0.3 is 11.2 Å². The molecular formula is CH6KO3P. The molecule has 6 heavy (non-hydrogen) atoms. The van der Waals surface area contributed by atoms with Crippen molar-refractivity contribution in [3.8, 4) is 0 Å². The molecule has 34 valence electrons. The van der Waals surface area contributed by atoms with Crippen molar-refractivity contribution in [3.05, 3.63) is 0 Å². The third-order valence-corrected chi connectivity index (χ3v) is 0. The first kappa shape index (κ1) is 10.7. The topological polar surface area (TPSA) is 57.5 Å². The summed E-state index contributed by atoms with van der Waals surface area (Å²) >= 11 is 0. The van der Waals surface area contributed by atoms with Crippen LogP contribution in [-0.2, 0) is 4.57 Å². The van der Waals surface area contributed by atoms with Crippen LogP contribution in [0.5, 0.6) is 0 Å². The third-order valence-electron chi connectivity index (χ3n) is 0. The van der Waals surface area contributed by atoms with Crippen molar-refractivity contribution in [2.75, 3.05) is 6.66 Å². The van der Waals surface area contributed by atoms with E-state index in [2.05, 4.69) is 0 Å². The van der Waals surface area contributed by atoms with Crippen molar-refractivity contribution in [1.82, 2.24) is 0 Å². The summed E-state index contributed by atoms with van der Waals surface area (Å²) in [5.74, 6) is 0. The fourth-order valence-corrected chi connectivity index (χ4v) is 0. The van der Waals surface area contributed by atoms with Crippen LogP contribution in [0.1, 0.15) is 1.43 Å². The van der Waals surface area contributed by atoms with Crippen LogP contribution in [0.4, 0.5) is 0 Å². The summed E-state index contributed by atoms with van der Waals surface area (Å²) in [7, 11) is -3.64. The predicted octanol–water partition coefficient (Wildman–Crippen LogP) is -3.09. The van der Waals surface area contributed by atoms with Gasteiger partial charge in [0, 0.05) is 6.66 Å². The molecule has 0 aliphatic carbocycles. The second-order valence-electron chi connectivity index (χ2n) is 0.835. The van der Waals surface area contributed by atoms with E-state index >= 15 is 0 Å². The maximum atomic E-state index is 9.33. The first-order valence-corrected chi connectivity index (χ1v) is 3.09. The zero-order valence-corrected chi connectivity index (χ0v) is 7.77.